The maximum absolute atomic E-state index is 12.6. The van der Waals surface area contributed by atoms with Gasteiger partial charge in [-0.1, -0.05) is 26.2 Å². The largest absolute Gasteiger partial charge is 0.426 e. The zero-order valence-electron chi connectivity index (χ0n) is 18.5. The summed E-state index contributed by atoms with van der Waals surface area (Å²) in [6.45, 7) is 2.33. The Bertz CT molecular complexity index is 741. The van der Waals surface area contributed by atoms with E-state index in [9.17, 15) is 4.79 Å². The van der Waals surface area contributed by atoms with Crippen molar-refractivity contribution in [3.63, 3.8) is 0 Å². The third-order valence-electron chi connectivity index (χ3n) is 8.43. The van der Waals surface area contributed by atoms with Gasteiger partial charge in [0.25, 0.3) is 0 Å². The van der Waals surface area contributed by atoms with E-state index in [0.29, 0.717) is 11.3 Å². The number of carbonyl (C=O) groups is 1. The van der Waals surface area contributed by atoms with Crippen molar-refractivity contribution < 1.29 is 9.53 Å². The summed E-state index contributed by atoms with van der Waals surface area (Å²) >= 11 is 0. The third-order valence-corrected chi connectivity index (χ3v) is 8.43. The van der Waals surface area contributed by atoms with Gasteiger partial charge in [0.05, 0.1) is 17.6 Å². The van der Waals surface area contributed by atoms with Crippen LogP contribution in [0.15, 0.2) is 24.3 Å². The Morgan fingerprint density at radius 2 is 1.50 bits per heavy atom. The fourth-order valence-corrected chi connectivity index (χ4v) is 6.74. The molecule has 3 heteroatoms. The highest BCUT2D eigenvalue weighted by atomic mass is 16.5. The molecule has 3 aliphatic carbocycles. The van der Waals surface area contributed by atoms with Crippen molar-refractivity contribution in [2.45, 2.75) is 84.0 Å². The van der Waals surface area contributed by atoms with Crippen molar-refractivity contribution in [1.82, 2.24) is 0 Å². The van der Waals surface area contributed by atoms with Gasteiger partial charge < -0.3 is 4.74 Å². The molecule has 0 bridgehead atoms. The van der Waals surface area contributed by atoms with Crippen LogP contribution in [0.1, 0.15) is 89.5 Å². The zero-order valence-corrected chi connectivity index (χ0v) is 18.5. The number of ether oxygens (including phenoxy) is 1. The average Bonchev–Trinajstić information content (AvgIpc) is 2.79. The maximum atomic E-state index is 12.6. The first-order valence-electron chi connectivity index (χ1n) is 12.4. The molecule has 0 radical (unpaired) electrons. The minimum absolute atomic E-state index is 0.0396. The molecular formula is C27H37NO2. The van der Waals surface area contributed by atoms with Crippen molar-refractivity contribution in [1.29, 1.82) is 5.26 Å². The Kier molecular flexibility index (Phi) is 7.13. The van der Waals surface area contributed by atoms with Gasteiger partial charge in [0.15, 0.2) is 0 Å². The molecule has 4 atom stereocenters. The van der Waals surface area contributed by atoms with Crippen LogP contribution in [0.25, 0.3) is 0 Å². The van der Waals surface area contributed by atoms with Gasteiger partial charge >= 0.3 is 5.97 Å². The molecule has 1 aromatic carbocycles. The highest BCUT2D eigenvalue weighted by Crippen LogP contribution is 2.49. The first-order valence-corrected chi connectivity index (χ1v) is 12.4. The Morgan fingerprint density at radius 1 is 0.900 bits per heavy atom. The summed E-state index contributed by atoms with van der Waals surface area (Å²) in [5.74, 6) is 5.21. The molecule has 0 saturated heterocycles. The fraction of sp³-hybridized carbons (Fsp3) is 0.704. The molecule has 3 nitrogen and oxygen atoms in total. The fourth-order valence-electron chi connectivity index (χ4n) is 6.74. The number of hydrogen-bond donors (Lipinski definition) is 0. The lowest BCUT2D eigenvalue weighted by Gasteiger charge is -2.45. The maximum Gasteiger partial charge on any atom is 0.314 e. The average molecular weight is 408 g/mol. The van der Waals surface area contributed by atoms with Crippen LogP contribution >= 0.6 is 0 Å². The lowest BCUT2D eigenvalue weighted by Crippen LogP contribution is -2.35. The van der Waals surface area contributed by atoms with Crippen LogP contribution in [0.5, 0.6) is 5.75 Å². The second kappa shape index (κ2) is 9.99. The molecule has 0 spiro atoms. The van der Waals surface area contributed by atoms with E-state index in [1.807, 2.05) is 0 Å². The second-order valence-electron chi connectivity index (χ2n) is 10.2. The highest BCUT2D eigenvalue weighted by Gasteiger charge is 2.39. The van der Waals surface area contributed by atoms with Gasteiger partial charge in [-0.25, -0.2) is 0 Å². The molecule has 0 amide bonds. The summed E-state index contributed by atoms with van der Waals surface area (Å²) in [5, 5.41) is 8.89. The number of hydrogen-bond acceptors (Lipinski definition) is 3. The van der Waals surface area contributed by atoms with Crippen LogP contribution in [0.3, 0.4) is 0 Å². The van der Waals surface area contributed by atoms with Crippen LogP contribution in [0, 0.1) is 46.8 Å². The molecule has 3 aliphatic rings. The minimum Gasteiger partial charge on any atom is -0.426 e. The summed E-state index contributed by atoms with van der Waals surface area (Å²) in [5.41, 5.74) is 0.587. The van der Waals surface area contributed by atoms with E-state index in [0.717, 1.165) is 42.4 Å². The molecule has 162 valence electrons. The summed E-state index contributed by atoms with van der Waals surface area (Å²) in [6, 6.07) is 8.93. The summed E-state index contributed by atoms with van der Waals surface area (Å²) < 4.78 is 5.59. The normalized spacial score (nSPS) is 33.9. The number of nitrogens with zero attached hydrogens (tertiary/aromatic N) is 1. The number of rotatable bonds is 5. The molecule has 4 rings (SSSR count). The molecule has 4 unspecified atom stereocenters. The van der Waals surface area contributed by atoms with Gasteiger partial charge in [-0.3, -0.25) is 4.79 Å². The van der Waals surface area contributed by atoms with Crippen LogP contribution in [-0.4, -0.2) is 5.97 Å². The van der Waals surface area contributed by atoms with Crippen molar-refractivity contribution in [2.75, 3.05) is 0 Å². The van der Waals surface area contributed by atoms with Gasteiger partial charge in [-0.2, -0.15) is 5.26 Å². The molecule has 0 aliphatic heterocycles. The molecule has 30 heavy (non-hydrogen) atoms. The number of carbonyl (C=O) groups excluding carboxylic acids is 1. The standard InChI is InChI=1S/C27H37NO2/c1-2-3-19-4-7-25-17-24(13-12-23(25)16-19)21-8-10-22(11-9-21)27(29)30-26-14-5-20(18-28)6-15-26/h5-6,14-15,19,21-25H,2-4,7-13,16-17H2,1H3. The Hall–Kier alpha value is -1.82. The van der Waals surface area contributed by atoms with Crippen molar-refractivity contribution in [3.8, 4) is 11.8 Å². The van der Waals surface area contributed by atoms with E-state index in [4.69, 9.17) is 10.00 Å². The van der Waals surface area contributed by atoms with Gasteiger partial charge in [0, 0.05) is 0 Å². The topological polar surface area (TPSA) is 50.1 Å². The number of nitriles is 1. The molecule has 0 heterocycles. The smallest absolute Gasteiger partial charge is 0.314 e. The predicted molar refractivity (Wildman–Crippen MR) is 119 cm³/mol. The zero-order chi connectivity index (χ0) is 20.9. The molecular weight excluding hydrogens is 370 g/mol. The SMILES string of the molecule is CCCC1CCC2CC(C3CCC(C(=O)Oc4ccc(C#N)cc4)CC3)CCC2C1. The monoisotopic (exact) mass is 407 g/mol. The van der Waals surface area contributed by atoms with Gasteiger partial charge in [0.2, 0.25) is 0 Å². The third kappa shape index (κ3) is 5.08. The predicted octanol–water partition coefficient (Wildman–Crippen LogP) is 6.90. The molecule has 0 aromatic heterocycles. The van der Waals surface area contributed by atoms with Crippen LogP contribution < -0.4 is 4.74 Å². The van der Waals surface area contributed by atoms with Gasteiger partial charge in [-0.15, -0.1) is 0 Å². The summed E-state index contributed by atoms with van der Waals surface area (Å²) in [7, 11) is 0. The Labute approximate surface area is 182 Å². The molecule has 3 saturated carbocycles. The number of fused-ring (bicyclic) bond motifs is 1. The molecule has 0 N–H and O–H groups in total. The lowest BCUT2D eigenvalue weighted by molar-refractivity contribution is -0.140. The summed E-state index contributed by atoms with van der Waals surface area (Å²) in [6.07, 6.45) is 15.9. The van der Waals surface area contributed by atoms with E-state index in [-0.39, 0.29) is 11.9 Å². The van der Waals surface area contributed by atoms with Crippen molar-refractivity contribution >= 4 is 5.97 Å². The Morgan fingerprint density at radius 3 is 2.17 bits per heavy atom. The number of benzene rings is 1. The number of esters is 1. The van der Waals surface area contributed by atoms with E-state index in [1.54, 1.807) is 24.3 Å². The Balaban J connectivity index is 1.23. The van der Waals surface area contributed by atoms with Gasteiger partial charge in [-0.05, 0) is 112 Å². The molecule has 3 fully saturated rings. The lowest BCUT2D eigenvalue weighted by atomic mass is 9.60. The first-order chi connectivity index (χ1) is 14.7. The van der Waals surface area contributed by atoms with Crippen LogP contribution in [0.2, 0.25) is 0 Å². The molecule has 1 aromatic rings. The quantitative estimate of drug-likeness (QED) is 0.394. The van der Waals surface area contributed by atoms with Crippen LogP contribution in [0.4, 0.5) is 0 Å². The first kappa shape index (κ1) is 21.4. The second-order valence-corrected chi connectivity index (χ2v) is 10.2. The van der Waals surface area contributed by atoms with Crippen molar-refractivity contribution in [2.24, 2.45) is 35.5 Å². The highest BCUT2D eigenvalue weighted by molar-refractivity contribution is 5.75. The van der Waals surface area contributed by atoms with E-state index >= 15 is 0 Å². The van der Waals surface area contributed by atoms with E-state index < -0.39 is 0 Å². The van der Waals surface area contributed by atoms with E-state index in [1.165, 1.54) is 64.2 Å². The van der Waals surface area contributed by atoms with Gasteiger partial charge in [0.1, 0.15) is 5.75 Å². The summed E-state index contributed by atoms with van der Waals surface area (Å²) in [4.78, 5) is 12.6. The van der Waals surface area contributed by atoms with Crippen molar-refractivity contribution in [3.05, 3.63) is 29.8 Å². The minimum atomic E-state index is -0.0869. The van der Waals surface area contributed by atoms with E-state index in [2.05, 4.69) is 13.0 Å². The van der Waals surface area contributed by atoms with Crippen LogP contribution in [-0.2, 0) is 4.79 Å².